The predicted molar refractivity (Wildman–Crippen MR) is 70.6 cm³/mol. The Hall–Kier alpha value is -1.75. The van der Waals surface area contributed by atoms with Crippen LogP contribution in [0.2, 0.25) is 0 Å². The van der Waals surface area contributed by atoms with Gasteiger partial charge in [-0.25, -0.2) is 9.37 Å². The van der Waals surface area contributed by atoms with E-state index < -0.39 is 0 Å². The fourth-order valence-corrected chi connectivity index (χ4v) is 2.36. The number of benzene rings is 1. The fourth-order valence-electron chi connectivity index (χ4n) is 1.53. The van der Waals surface area contributed by atoms with Crippen LogP contribution >= 0.6 is 11.3 Å². The summed E-state index contributed by atoms with van der Waals surface area (Å²) in [7, 11) is 1.89. The maximum Gasteiger partial charge on any atom is 0.186 e. The summed E-state index contributed by atoms with van der Waals surface area (Å²) < 4.78 is 12.8. The molecule has 0 amide bonds. The molecule has 0 aliphatic heterocycles. The lowest BCUT2D eigenvalue weighted by molar-refractivity contribution is 0.101. The Morgan fingerprint density at radius 2 is 2.06 bits per heavy atom. The van der Waals surface area contributed by atoms with Crippen molar-refractivity contribution in [2.24, 2.45) is 0 Å². The number of ketones is 1. The average molecular weight is 264 g/mol. The third kappa shape index (κ3) is 2.92. The second-order valence-corrected chi connectivity index (χ2v) is 4.89. The first-order chi connectivity index (χ1) is 8.56. The summed E-state index contributed by atoms with van der Waals surface area (Å²) in [4.78, 5) is 17.3. The van der Waals surface area contributed by atoms with Gasteiger partial charge in [-0.1, -0.05) is 12.1 Å². The molecule has 0 bridgehead atoms. The second-order valence-electron chi connectivity index (χ2n) is 4.05. The SMILES string of the molecule is CC(=O)c1csc(N(C)Cc2ccc(F)cc2)n1. The average Bonchev–Trinajstić information content (AvgIpc) is 2.81. The molecule has 94 valence electrons. The number of rotatable bonds is 4. The number of carbonyl (C=O) groups excluding carboxylic acids is 1. The minimum Gasteiger partial charge on any atom is -0.347 e. The number of aromatic nitrogens is 1. The van der Waals surface area contributed by atoms with Crippen LogP contribution in [-0.4, -0.2) is 17.8 Å². The van der Waals surface area contributed by atoms with Crippen LogP contribution in [0.15, 0.2) is 29.6 Å². The molecule has 0 aliphatic rings. The van der Waals surface area contributed by atoms with Crippen molar-refractivity contribution in [3.63, 3.8) is 0 Å². The molecule has 1 aromatic heterocycles. The van der Waals surface area contributed by atoms with Gasteiger partial charge in [0.25, 0.3) is 0 Å². The number of halogens is 1. The van der Waals surface area contributed by atoms with Crippen molar-refractivity contribution in [2.75, 3.05) is 11.9 Å². The van der Waals surface area contributed by atoms with Gasteiger partial charge in [0.15, 0.2) is 10.9 Å². The number of nitrogens with zero attached hydrogens (tertiary/aromatic N) is 2. The molecule has 0 saturated heterocycles. The van der Waals surface area contributed by atoms with Crippen molar-refractivity contribution < 1.29 is 9.18 Å². The van der Waals surface area contributed by atoms with Crippen LogP contribution in [0.25, 0.3) is 0 Å². The van der Waals surface area contributed by atoms with Crippen molar-refractivity contribution in [1.82, 2.24) is 4.98 Å². The summed E-state index contributed by atoms with van der Waals surface area (Å²) in [5.41, 5.74) is 1.49. The van der Waals surface area contributed by atoms with E-state index >= 15 is 0 Å². The summed E-state index contributed by atoms with van der Waals surface area (Å²) in [6.45, 7) is 2.13. The molecule has 2 aromatic rings. The Balaban J connectivity index is 2.09. The maximum atomic E-state index is 12.8. The van der Waals surface area contributed by atoms with Gasteiger partial charge in [0.2, 0.25) is 0 Å². The quantitative estimate of drug-likeness (QED) is 0.795. The highest BCUT2D eigenvalue weighted by Crippen LogP contribution is 2.21. The molecule has 0 N–H and O–H groups in total. The number of anilines is 1. The zero-order valence-corrected chi connectivity index (χ0v) is 11.0. The largest absolute Gasteiger partial charge is 0.347 e. The number of hydrogen-bond acceptors (Lipinski definition) is 4. The summed E-state index contributed by atoms with van der Waals surface area (Å²) in [6, 6.07) is 6.36. The minimum absolute atomic E-state index is 0.0346. The first-order valence-corrected chi connectivity index (χ1v) is 6.36. The van der Waals surface area contributed by atoms with Gasteiger partial charge < -0.3 is 4.90 Å². The summed E-state index contributed by atoms with van der Waals surface area (Å²) in [6.07, 6.45) is 0. The highest BCUT2D eigenvalue weighted by atomic mass is 32.1. The number of Topliss-reactive ketones (excluding diaryl/α,β-unsaturated/α-hetero) is 1. The van der Waals surface area contributed by atoms with E-state index in [0.29, 0.717) is 12.2 Å². The fraction of sp³-hybridized carbons (Fsp3) is 0.231. The second kappa shape index (κ2) is 5.27. The van der Waals surface area contributed by atoms with Gasteiger partial charge in [0.05, 0.1) is 0 Å². The molecule has 1 aromatic carbocycles. The Bertz CT molecular complexity index is 550. The zero-order chi connectivity index (χ0) is 13.1. The monoisotopic (exact) mass is 264 g/mol. The summed E-state index contributed by atoms with van der Waals surface area (Å²) in [5, 5.41) is 2.53. The van der Waals surface area contributed by atoms with E-state index in [0.717, 1.165) is 10.7 Å². The third-order valence-corrected chi connectivity index (χ3v) is 3.47. The minimum atomic E-state index is -0.241. The molecular formula is C13H13FN2OS. The van der Waals surface area contributed by atoms with E-state index in [1.807, 2.05) is 11.9 Å². The van der Waals surface area contributed by atoms with Crippen molar-refractivity contribution in [2.45, 2.75) is 13.5 Å². The van der Waals surface area contributed by atoms with E-state index in [9.17, 15) is 9.18 Å². The Kier molecular flexibility index (Phi) is 3.72. The van der Waals surface area contributed by atoms with Gasteiger partial charge in [-0.3, -0.25) is 4.79 Å². The lowest BCUT2D eigenvalue weighted by Crippen LogP contribution is -2.16. The molecule has 1 heterocycles. The van der Waals surface area contributed by atoms with Gasteiger partial charge in [-0.05, 0) is 17.7 Å². The molecule has 18 heavy (non-hydrogen) atoms. The number of carbonyl (C=O) groups is 1. The van der Waals surface area contributed by atoms with Gasteiger partial charge in [-0.15, -0.1) is 11.3 Å². The molecule has 0 spiro atoms. The maximum absolute atomic E-state index is 12.8. The molecule has 0 unspecified atom stereocenters. The van der Waals surface area contributed by atoms with E-state index in [2.05, 4.69) is 4.98 Å². The van der Waals surface area contributed by atoms with E-state index in [-0.39, 0.29) is 11.6 Å². The zero-order valence-electron chi connectivity index (χ0n) is 10.2. The van der Waals surface area contributed by atoms with Gasteiger partial charge in [-0.2, -0.15) is 0 Å². The lowest BCUT2D eigenvalue weighted by Gasteiger charge is -2.15. The van der Waals surface area contributed by atoms with Crippen LogP contribution in [0.3, 0.4) is 0 Å². The topological polar surface area (TPSA) is 33.2 Å². The Morgan fingerprint density at radius 3 is 2.61 bits per heavy atom. The number of thiazole rings is 1. The van der Waals surface area contributed by atoms with Crippen molar-refractivity contribution in [1.29, 1.82) is 0 Å². The normalized spacial score (nSPS) is 10.4. The highest BCUT2D eigenvalue weighted by Gasteiger charge is 2.10. The van der Waals surface area contributed by atoms with Gasteiger partial charge in [0.1, 0.15) is 11.5 Å². The smallest absolute Gasteiger partial charge is 0.186 e. The van der Waals surface area contributed by atoms with E-state index in [1.165, 1.54) is 30.4 Å². The molecule has 5 heteroatoms. The molecule has 0 aliphatic carbocycles. The van der Waals surface area contributed by atoms with Crippen LogP contribution in [-0.2, 0) is 6.54 Å². The third-order valence-electron chi connectivity index (χ3n) is 2.51. The Labute approximate surface area is 109 Å². The summed E-state index contributed by atoms with van der Waals surface area (Å²) in [5.74, 6) is -0.276. The van der Waals surface area contributed by atoms with Crippen molar-refractivity contribution >= 4 is 22.3 Å². The first-order valence-electron chi connectivity index (χ1n) is 5.48. The number of hydrogen-bond donors (Lipinski definition) is 0. The van der Waals surface area contributed by atoms with Crippen LogP contribution in [0.5, 0.6) is 0 Å². The van der Waals surface area contributed by atoms with Crippen LogP contribution in [0.4, 0.5) is 9.52 Å². The van der Waals surface area contributed by atoms with Crippen LogP contribution < -0.4 is 4.90 Å². The molecule has 0 saturated carbocycles. The molecule has 0 fully saturated rings. The Morgan fingerprint density at radius 1 is 1.39 bits per heavy atom. The van der Waals surface area contributed by atoms with Crippen molar-refractivity contribution in [3.05, 3.63) is 46.7 Å². The summed E-state index contributed by atoms with van der Waals surface area (Å²) >= 11 is 1.43. The molecule has 0 radical (unpaired) electrons. The van der Waals surface area contributed by atoms with Crippen LogP contribution in [0, 0.1) is 5.82 Å². The lowest BCUT2D eigenvalue weighted by atomic mass is 10.2. The predicted octanol–water partition coefficient (Wildman–Crippen LogP) is 3.12. The standard InChI is InChI=1S/C13H13FN2OS/c1-9(17)12-8-18-13(15-12)16(2)7-10-3-5-11(14)6-4-10/h3-6,8H,7H2,1-2H3. The molecular weight excluding hydrogens is 251 g/mol. The molecule has 0 atom stereocenters. The first kappa shape index (κ1) is 12.7. The van der Waals surface area contributed by atoms with Crippen molar-refractivity contribution in [3.8, 4) is 0 Å². The van der Waals surface area contributed by atoms with Gasteiger partial charge in [0, 0.05) is 25.9 Å². The van der Waals surface area contributed by atoms with E-state index in [1.54, 1.807) is 17.5 Å². The molecule has 2 rings (SSSR count). The highest BCUT2D eigenvalue weighted by molar-refractivity contribution is 7.13. The molecule has 3 nitrogen and oxygen atoms in total. The van der Waals surface area contributed by atoms with Gasteiger partial charge >= 0.3 is 0 Å². The van der Waals surface area contributed by atoms with E-state index in [4.69, 9.17) is 0 Å². The van der Waals surface area contributed by atoms with Crippen LogP contribution in [0.1, 0.15) is 23.0 Å².